The van der Waals surface area contributed by atoms with Crippen LogP contribution in [-0.4, -0.2) is 66.6 Å². The minimum Gasteiger partial charge on any atom is -0.454 e. The molecule has 1 heterocycles. The Kier molecular flexibility index (Phi) is 6.49. The van der Waals surface area contributed by atoms with Crippen molar-refractivity contribution in [3.8, 4) is 0 Å². The van der Waals surface area contributed by atoms with Crippen LogP contribution in [0.3, 0.4) is 0 Å². The lowest BCUT2D eigenvalue weighted by atomic mass is 9.81. The first kappa shape index (κ1) is 21.5. The quantitative estimate of drug-likeness (QED) is 0.549. The van der Waals surface area contributed by atoms with Crippen LogP contribution in [0.25, 0.3) is 0 Å². The Morgan fingerprint density at radius 1 is 1.03 bits per heavy atom. The number of rotatable bonds is 6. The van der Waals surface area contributed by atoms with Gasteiger partial charge in [0, 0.05) is 25.3 Å². The minimum absolute atomic E-state index is 0.160. The van der Waals surface area contributed by atoms with Gasteiger partial charge in [0.15, 0.2) is 6.61 Å². The van der Waals surface area contributed by atoms with Crippen molar-refractivity contribution >= 4 is 35.3 Å². The third-order valence-corrected chi connectivity index (χ3v) is 5.41. The maximum absolute atomic E-state index is 12.4. The number of benzene rings is 1. The third-order valence-electron chi connectivity index (χ3n) is 5.41. The van der Waals surface area contributed by atoms with E-state index < -0.39 is 25.0 Å². The summed E-state index contributed by atoms with van der Waals surface area (Å²) < 4.78 is 4.92. The van der Waals surface area contributed by atoms with Crippen molar-refractivity contribution in [2.75, 3.05) is 32.6 Å². The van der Waals surface area contributed by atoms with Crippen molar-refractivity contribution in [2.24, 2.45) is 11.8 Å². The molecule has 4 amide bonds. The number of nitrogens with zero attached hydrogens (tertiary/aromatic N) is 2. The fourth-order valence-corrected chi connectivity index (χ4v) is 3.86. The molecular weight excluding hydrogens is 390 g/mol. The van der Waals surface area contributed by atoms with Crippen LogP contribution in [0.5, 0.6) is 0 Å². The summed E-state index contributed by atoms with van der Waals surface area (Å²) in [7, 11) is 3.28. The highest BCUT2D eigenvalue weighted by Crippen LogP contribution is 2.37. The minimum atomic E-state index is -0.808. The third kappa shape index (κ3) is 4.67. The summed E-state index contributed by atoms with van der Waals surface area (Å²) in [5.41, 5.74) is 0.922. The molecular formula is C21H25N3O6. The van der Waals surface area contributed by atoms with E-state index in [1.807, 2.05) is 0 Å². The molecule has 0 unspecified atom stereocenters. The summed E-state index contributed by atoms with van der Waals surface area (Å²) in [6.45, 7) is -1.01. The van der Waals surface area contributed by atoms with E-state index in [1.165, 1.54) is 4.90 Å². The highest BCUT2D eigenvalue weighted by Gasteiger charge is 2.48. The molecule has 1 aliphatic carbocycles. The summed E-state index contributed by atoms with van der Waals surface area (Å²) in [4.78, 5) is 63.1. The fourth-order valence-electron chi connectivity index (χ4n) is 3.86. The van der Waals surface area contributed by atoms with Crippen LogP contribution in [0.2, 0.25) is 0 Å². The number of carbonyl (C=O) groups is 5. The molecule has 1 aromatic rings. The number of imide groups is 1. The van der Waals surface area contributed by atoms with E-state index in [4.69, 9.17) is 4.74 Å². The van der Waals surface area contributed by atoms with Crippen LogP contribution >= 0.6 is 0 Å². The van der Waals surface area contributed by atoms with E-state index in [2.05, 4.69) is 5.32 Å². The Labute approximate surface area is 174 Å². The van der Waals surface area contributed by atoms with Crippen molar-refractivity contribution in [3.05, 3.63) is 29.8 Å². The van der Waals surface area contributed by atoms with Crippen LogP contribution in [0.4, 0.5) is 5.69 Å². The van der Waals surface area contributed by atoms with E-state index in [0.29, 0.717) is 24.1 Å². The van der Waals surface area contributed by atoms with E-state index in [1.54, 1.807) is 38.4 Å². The molecule has 3 rings (SSSR count). The molecule has 0 spiro atoms. The van der Waals surface area contributed by atoms with Crippen LogP contribution in [0.15, 0.2) is 24.3 Å². The van der Waals surface area contributed by atoms with Gasteiger partial charge in [-0.2, -0.15) is 0 Å². The zero-order chi connectivity index (χ0) is 21.8. The maximum atomic E-state index is 12.4. The molecule has 1 aromatic carbocycles. The average Bonchev–Trinajstić information content (AvgIpc) is 2.97. The standard InChI is InChI=1S/C21H25N3O6/c1-23(2)19(27)13-7-9-14(10-8-13)22-17(25)12-30-18(26)11-24-20(28)15-5-3-4-6-16(15)21(24)29/h7-10,15-16H,3-6,11-12H2,1-2H3,(H,22,25)/t15-,16+. The number of ether oxygens (including phenoxy) is 1. The summed E-state index contributed by atoms with van der Waals surface area (Å²) in [6, 6.07) is 6.29. The van der Waals surface area contributed by atoms with Crippen LogP contribution < -0.4 is 5.32 Å². The Bertz CT molecular complexity index is 840. The number of likely N-dealkylation sites (tertiary alicyclic amines) is 1. The molecule has 0 bridgehead atoms. The number of nitrogens with one attached hydrogen (secondary N) is 1. The van der Waals surface area contributed by atoms with Crippen LogP contribution in [-0.2, 0) is 23.9 Å². The van der Waals surface area contributed by atoms with E-state index in [-0.39, 0.29) is 29.6 Å². The molecule has 9 nitrogen and oxygen atoms in total. The van der Waals surface area contributed by atoms with Gasteiger partial charge in [-0.05, 0) is 37.1 Å². The zero-order valence-corrected chi connectivity index (χ0v) is 17.1. The summed E-state index contributed by atoms with van der Waals surface area (Å²) in [5, 5.41) is 2.56. The molecule has 2 aliphatic rings. The summed E-state index contributed by atoms with van der Waals surface area (Å²) >= 11 is 0. The normalized spacial score (nSPS) is 20.5. The number of carbonyl (C=O) groups excluding carboxylic acids is 5. The van der Waals surface area contributed by atoms with Gasteiger partial charge in [-0.15, -0.1) is 0 Å². The first-order valence-corrected chi connectivity index (χ1v) is 9.90. The second-order valence-corrected chi connectivity index (χ2v) is 7.75. The molecule has 1 aliphatic heterocycles. The van der Waals surface area contributed by atoms with Gasteiger partial charge < -0.3 is 15.0 Å². The van der Waals surface area contributed by atoms with Crippen LogP contribution in [0.1, 0.15) is 36.0 Å². The summed E-state index contributed by atoms with van der Waals surface area (Å²) in [6.07, 6.45) is 3.15. The Morgan fingerprint density at radius 3 is 2.13 bits per heavy atom. The van der Waals surface area contributed by atoms with E-state index in [0.717, 1.165) is 17.7 Å². The second-order valence-electron chi connectivity index (χ2n) is 7.75. The lowest BCUT2D eigenvalue weighted by molar-refractivity contribution is -0.154. The zero-order valence-electron chi connectivity index (χ0n) is 17.1. The van der Waals surface area contributed by atoms with Crippen molar-refractivity contribution in [1.29, 1.82) is 0 Å². The SMILES string of the molecule is CN(C)C(=O)c1ccc(NC(=O)COC(=O)CN2C(=O)[C@H]3CCCC[C@H]3C2=O)cc1. The molecule has 30 heavy (non-hydrogen) atoms. The second kappa shape index (κ2) is 9.06. The van der Waals surface area contributed by atoms with Crippen molar-refractivity contribution in [3.63, 3.8) is 0 Å². The molecule has 160 valence electrons. The van der Waals surface area contributed by atoms with E-state index in [9.17, 15) is 24.0 Å². The number of fused-ring (bicyclic) bond motifs is 1. The van der Waals surface area contributed by atoms with Crippen molar-refractivity contribution in [2.45, 2.75) is 25.7 Å². The Hall–Kier alpha value is -3.23. The number of amides is 4. The van der Waals surface area contributed by atoms with Gasteiger partial charge in [-0.1, -0.05) is 12.8 Å². The molecule has 1 saturated carbocycles. The Balaban J connectivity index is 1.47. The Morgan fingerprint density at radius 2 is 1.60 bits per heavy atom. The predicted molar refractivity (Wildman–Crippen MR) is 106 cm³/mol. The molecule has 2 atom stereocenters. The molecule has 0 aromatic heterocycles. The fraction of sp³-hybridized carbons (Fsp3) is 0.476. The van der Waals surface area contributed by atoms with Gasteiger partial charge in [-0.3, -0.25) is 28.9 Å². The van der Waals surface area contributed by atoms with Crippen molar-refractivity contribution in [1.82, 2.24) is 9.80 Å². The molecule has 0 radical (unpaired) electrons. The van der Waals surface area contributed by atoms with Crippen LogP contribution in [0, 0.1) is 11.8 Å². The van der Waals surface area contributed by atoms with Gasteiger partial charge in [0.2, 0.25) is 11.8 Å². The van der Waals surface area contributed by atoms with E-state index >= 15 is 0 Å². The highest BCUT2D eigenvalue weighted by atomic mass is 16.5. The van der Waals surface area contributed by atoms with Gasteiger partial charge in [0.05, 0.1) is 11.8 Å². The molecule has 1 saturated heterocycles. The first-order chi connectivity index (χ1) is 14.3. The monoisotopic (exact) mass is 415 g/mol. The van der Waals surface area contributed by atoms with Gasteiger partial charge in [0.1, 0.15) is 6.54 Å². The first-order valence-electron chi connectivity index (χ1n) is 9.90. The van der Waals surface area contributed by atoms with Crippen molar-refractivity contribution < 1.29 is 28.7 Å². The number of hydrogen-bond acceptors (Lipinski definition) is 6. The van der Waals surface area contributed by atoms with Gasteiger partial charge >= 0.3 is 5.97 Å². The molecule has 2 fully saturated rings. The number of hydrogen-bond donors (Lipinski definition) is 1. The molecule has 9 heteroatoms. The largest absolute Gasteiger partial charge is 0.454 e. The molecule has 1 N–H and O–H groups in total. The number of esters is 1. The highest BCUT2D eigenvalue weighted by molar-refractivity contribution is 6.07. The topological polar surface area (TPSA) is 113 Å². The average molecular weight is 415 g/mol. The van der Waals surface area contributed by atoms with Gasteiger partial charge in [-0.25, -0.2) is 0 Å². The lowest BCUT2D eigenvalue weighted by Crippen LogP contribution is -2.37. The van der Waals surface area contributed by atoms with Gasteiger partial charge in [0.25, 0.3) is 11.8 Å². The number of anilines is 1. The summed E-state index contributed by atoms with van der Waals surface area (Å²) in [5.74, 6) is -2.83. The lowest BCUT2D eigenvalue weighted by Gasteiger charge is -2.19. The predicted octanol–water partition coefficient (Wildman–Crippen LogP) is 1.05. The smallest absolute Gasteiger partial charge is 0.326 e. The maximum Gasteiger partial charge on any atom is 0.326 e.